The predicted octanol–water partition coefficient (Wildman–Crippen LogP) is 0.413. The van der Waals surface area contributed by atoms with Crippen LogP contribution < -0.4 is 10.6 Å². The number of pyridine rings is 1. The van der Waals surface area contributed by atoms with Gasteiger partial charge >= 0.3 is 12.0 Å². The smallest absolute Gasteiger partial charge is 0.314 e. The molecule has 0 aliphatic rings. The number of ether oxygens (including phenoxy) is 1. The summed E-state index contributed by atoms with van der Waals surface area (Å²) >= 11 is 0. The van der Waals surface area contributed by atoms with Crippen LogP contribution in [0.25, 0.3) is 0 Å². The van der Waals surface area contributed by atoms with Crippen LogP contribution in [0, 0.1) is 0 Å². The number of urea groups is 1. The monoisotopic (exact) mass is 281 g/mol. The molecule has 0 aromatic carbocycles. The van der Waals surface area contributed by atoms with Crippen LogP contribution in [0.4, 0.5) is 4.79 Å². The first-order chi connectivity index (χ1) is 9.61. The minimum absolute atomic E-state index is 0.146. The lowest BCUT2D eigenvalue weighted by Crippen LogP contribution is -2.41. The van der Waals surface area contributed by atoms with Gasteiger partial charge in [-0.05, 0) is 18.1 Å². The summed E-state index contributed by atoms with van der Waals surface area (Å²) < 4.78 is 4.95. The topological polar surface area (TPSA) is 101 Å². The molecule has 1 rings (SSSR count). The van der Waals surface area contributed by atoms with Gasteiger partial charge in [0.05, 0.1) is 12.5 Å². The van der Waals surface area contributed by atoms with Crippen molar-refractivity contribution in [1.29, 1.82) is 0 Å². The van der Waals surface area contributed by atoms with Crippen molar-refractivity contribution in [2.24, 2.45) is 0 Å². The molecular weight excluding hydrogens is 262 g/mol. The Morgan fingerprint density at radius 2 is 2.25 bits per heavy atom. The second kappa shape index (κ2) is 8.87. The van der Waals surface area contributed by atoms with Gasteiger partial charge in [0, 0.05) is 32.6 Å². The van der Waals surface area contributed by atoms with E-state index in [9.17, 15) is 9.59 Å². The van der Waals surface area contributed by atoms with E-state index in [1.807, 2.05) is 12.1 Å². The molecule has 1 unspecified atom stereocenters. The highest BCUT2D eigenvalue weighted by atomic mass is 16.5. The fourth-order valence-electron chi connectivity index (χ4n) is 1.57. The number of nitrogens with zero attached hydrogens (tertiary/aromatic N) is 1. The molecule has 1 atom stereocenters. The van der Waals surface area contributed by atoms with Crippen molar-refractivity contribution in [2.75, 3.05) is 20.2 Å². The highest BCUT2D eigenvalue weighted by molar-refractivity contribution is 5.74. The van der Waals surface area contributed by atoms with E-state index in [2.05, 4.69) is 15.6 Å². The van der Waals surface area contributed by atoms with E-state index in [1.54, 1.807) is 12.4 Å². The molecule has 1 heterocycles. The Bertz CT molecular complexity index is 425. The molecule has 1 aromatic rings. The predicted molar refractivity (Wildman–Crippen MR) is 72.4 cm³/mol. The molecule has 7 nitrogen and oxygen atoms in total. The first kappa shape index (κ1) is 15.9. The van der Waals surface area contributed by atoms with E-state index in [0.29, 0.717) is 13.0 Å². The molecule has 0 bridgehead atoms. The van der Waals surface area contributed by atoms with Crippen LogP contribution in [-0.2, 0) is 16.0 Å². The number of methoxy groups -OCH3 is 1. The van der Waals surface area contributed by atoms with Gasteiger partial charge in [-0.2, -0.15) is 0 Å². The quantitative estimate of drug-likeness (QED) is 0.641. The number of nitrogens with one attached hydrogen (secondary N) is 2. The van der Waals surface area contributed by atoms with Crippen LogP contribution in [0.15, 0.2) is 24.5 Å². The summed E-state index contributed by atoms with van der Waals surface area (Å²) in [6.45, 7) is 0.635. The maximum absolute atomic E-state index is 11.5. The summed E-state index contributed by atoms with van der Waals surface area (Å²) in [7, 11) is 1.41. The lowest BCUT2D eigenvalue weighted by molar-refractivity contribution is -0.139. The zero-order chi connectivity index (χ0) is 14.8. The number of carboxylic acids is 1. The molecule has 0 radical (unpaired) electrons. The number of aromatic nitrogens is 1. The third-order valence-electron chi connectivity index (χ3n) is 2.65. The summed E-state index contributed by atoms with van der Waals surface area (Å²) in [5.74, 6) is -0.962. The molecule has 0 saturated heterocycles. The van der Waals surface area contributed by atoms with E-state index >= 15 is 0 Å². The molecule has 0 fully saturated rings. The minimum Gasteiger partial charge on any atom is -0.481 e. The van der Waals surface area contributed by atoms with Gasteiger partial charge in [0.25, 0.3) is 0 Å². The van der Waals surface area contributed by atoms with E-state index < -0.39 is 12.1 Å². The van der Waals surface area contributed by atoms with Gasteiger partial charge in [0.15, 0.2) is 0 Å². The highest BCUT2D eigenvalue weighted by Crippen LogP contribution is 1.96. The van der Waals surface area contributed by atoms with Crippen LogP contribution in [-0.4, -0.2) is 48.4 Å². The Kier molecular flexibility index (Phi) is 7.05. The van der Waals surface area contributed by atoms with Gasteiger partial charge < -0.3 is 20.5 Å². The van der Waals surface area contributed by atoms with Crippen molar-refractivity contribution in [3.8, 4) is 0 Å². The third kappa shape index (κ3) is 6.69. The second-order valence-corrected chi connectivity index (χ2v) is 4.20. The van der Waals surface area contributed by atoms with Gasteiger partial charge in [-0.15, -0.1) is 0 Å². The SMILES string of the molecule is COC(CNC(=O)NCCc1cccnc1)CC(=O)O. The second-order valence-electron chi connectivity index (χ2n) is 4.20. The van der Waals surface area contributed by atoms with E-state index in [4.69, 9.17) is 9.84 Å². The lowest BCUT2D eigenvalue weighted by Gasteiger charge is -2.14. The van der Waals surface area contributed by atoms with Crippen molar-refractivity contribution in [3.63, 3.8) is 0 Å². The highest BCUT2D eigenvalue weighted by Gasteiger charge is 2.13. The average molecular weight is 281 g/mol. The standard InChI is InChI=1S/C13H19N3O4/c1-20-11(7-12(17)18)9-16-13(19)15-6-4-10-3-2-5-14-8-10/h2-3,5,8,11H,4,6-7,9H2,1H3,(H,17,18)(H2,15,16,19). The maximum atomic E-state index is 11.5. The summed E-state index contributed by atoms with van der Waals surface area (Å²) in [6.07, 6.45) is 3.44. The molecule has 0 spiro atoms. The number of hydrogen-bond acceptors (Lipinski definition) is 4. The number of amides is 2. The molecule has 20 heavy (non-hydrogen) atoms. The van der Waals surface area contributed by atoms with Crippen LogP contribution in [0.5, 0.6) is 0 Å². The van der Waals surface area contributed by atoms with Crippen molar-refractivity contribution in [1.82, 2.24) is 15.6 Å². The fourth-order valence-corrected chi connectivity index (χ4v) is 1.57. The van der Waals surface area contributed by atoms with Gasteiger partial charge in [-0.25, -0.2) is 4.79 Å². The summed E-state index contributed by atoms with van der Waals surface area (Å²) in [5.41, 5.74) is 1.04. The number of carbonyl (C=O) groups is 2. The largest absolute Gasteiger partial charge is 0.481 e. The van der Waals surface area contributed by atoms with Crippen LogP contribution in [0.2, 0.25) is 0 Å². The van der Waals surface area contributed by atoms with E-state index in [1.165, 1.54) is 7.11 Å². The first-order valence-corrected chi connectivity index (χ1v) is 6.27. The molecule has 0 aliphatic heterocycles. The van der Waals surface area contributed by atoms with Crippen molar-refractivity contribution < 1.29 is 19.4 Å². The van der Waals surface area contributed by atoms with Gasteiger partial charge in [-0.3, -0.25) is 9.78 Å². The summed E-state index contributed by atoms with van der Waals surface area (Å²) in [5, 5.41) is 13.9. The Hall–Kier alpha value is -2.15. The van der Waals surface area contributed by atoms with Crippen molar-refractivity contribution >= 4 is 12.0 Å². The average Bonchev–Trinajstić information content (AvgIpc) is 2.44. The number of carboxylic acid groups (broad SMARTS) is 1. The van der Waals surface area contributed by atoms with E-state index in [0.717, 1.165) is 5.56 Å². The van der Waals surface area contributed by atoms with Crippen molar-refractivity contribution in [2.45, 2.75) is 18.9 Å². The molecule has 0 saturated carbocycles. The Morgan fingerprint density at radius 1 is 1.45 bits per heavy atom. The lowest BCUT2D eigenvalue weighted by atomic mass is 10.2. The molecular formula is C13H19N3O4. The molecule has 3 N–H and O–H groups in total. The maximum Gasteiger partial charge on any atom is 0.314 e. The summed E-state index contributed by atoms with van der Waals surface area (Å²) in [6, 6.07) is 3.42. The van der Waals surface area contributed by atoms with Gasteiger partial charge in [0.2, 0.25) is 0 Å². The number of hydrogen-bond donors (Lipinski definition) is 3. The molecule has 110 valence electrons. The fraction of sp³-hybridized carbons (Fsp3) is 0.462. The molecule has 7 heteroatoms. The van der Waals surface area contributed by atoms with Gasteiger partial charge in [-0.1, -0.05) is 6.07 Å². The summed E-state index contributed by atoms with van der Waals surface area (Å²) in [4.78, 5) is 26.0. The molecule has 2 amide bonds. The zero-order valence-corrected chi connectivity index (χ0v) is 11.3. The Morgan fingerprint density at radius 3 is 2.85 bits per heavy atom. The number of rotatable bonds is 8. The van der Waals surface area contributed by atoms with E-state index in [-0.39, 0.29) is 19.0 Å². The van der Waals surface area contributed by atoms with Crippen LogP contribution in [0.3, 0.4) is 0 Å². The zero-order valence-electron chi connectivity index (χ0n) is 11.3. The van der Waals surface area contributed by atoms with Crippen molar-refractivity contribution in [3.05, 3.63) is 30.1 Å². The third-order valence-corrected chi connectivity index (χ3v) is 2.65. The first-order valence-electron chi connectivity index (χ1n) is 6.27. The van der Waals surface area contributed by atoms with Crippen LogP contribution >= 0.6 is 0 Å². The van der Waals surface area contributed by atoms with Crippen LogP contribution in [0.1, 0.15) is 12.0 Å². The number of carbonyl (C=O) groups excluding carboxylic acids is 1. The Labute approximate surface area is 117 Å². The molecule has 0 aliphatic carbocycles. The Balaban J connectivity index is 2.18. The van der Waals surface area contributed by atoms with Gasteiger partial charge in [0.1, 0.15) is 0 Å². The minimum atomic E-state index is -0.962. The number of aliphatic carboxylic acids is 1. The molecule has 1 aromatic heterocycles. The normalized spacial score (nSPS) is 11.7.